The van der Waals surface area contributed by atoms with Gasteiger partial charge in [-0.3, -0.25) is 4.79 Å². The summed E-state index contributed by atoms with van der Waals surface area (Å²) in [5, 5.41) is 5.61. The molecule has 2 heterocycles. The zero-order valence-corrected chi connectivity index (χ0v) is 18.6. The van der Waals surface area contributed by atoms with Gasteiger partial charge >= 0.3 is 0 Å². The van der Waals surface area contributed by atoms with E-state index in [-0.39, 0.29) is 5.91 Å². The first kappa shape index (κ1) is 22.0. The first-order chi connectivity index (χ1) is 15.5. The summed E-state index contributed by atoms with van der Waals surface area (Å²) < 4.78 is 28.4. The van der Waals surface area contributed by atoms with Gasteiger partial charge in [-0.15, -0.1) is 0 Å². The number of aryl methyl sites for hydroxylation is 1. The number of carbonyl (C=O) groups excluding carboxylic acids is 1. The Labute approximate surface area is 188 Å². The van der Waals surface area contributed by atoms with Crippen molar-refractivity contribution in [3.05, 3.63) is 89.6 Å². The van der Waals surface area contributed by atoms with Crippen LogP contribution in [0.3, 0.4) is 0 Å². The van der Waals surface area contributed by atoms with Crippen LogP contribution in [0.15, 0.2) is 78.5 Å². The summed E-state index contributed by atoms with van der Waals surface area (Å²) in [4.78, 5) is 14.4. The number of sulfonamides is 1. The van der Waals surface area contributed by atoms with Gasteiger partial charge in [0.05, 0.1) is 11.9 Å². The van der Waals surface area contributed by atoms with Gasteiger partial charge in [0.2, 0.25) is 15.9 Å². The molecule has 1 aromatic heterocycles. The molecule has 0 spiro atoms. The second-order valence-electron chi connectivity index (χ2n) is 7.67. The zero-order chi connectivity index (χ0) is 22.4. The molecule has 166 valence electrons. The molecule has 0 aliphatic carbocycles. The molecule has 0 radical (unpaired) electrons. The van der Waals surface area contributed by atoms with Crippen molar-refractivity contribution in [1.29, 1.82) is 0 Å². The van der Waals surface area contributed by atoms with Gasteiger partial charge in [0.1, 0.15) is 0 Å². The Hall–Kier alpha value is -3.23. The molecule has 1 amide bonds. The van der Waals surface area contributed by atoms with Crippen LogP contribution in [0.25, 0.3) is 11.8 Å². The molecule has 1 aliphatic rings. The first-order valence-electron chi connectivity index (χ1n) is 10.6. The molecule has 4 rings (SSSR count). The van der Waals surface area contributed by atoms with Crippen molar-refractivity contribution >= 4 is 22.0 Å². The SMILES string of the molecule is O=C(CCc1cnn(-c2ccccc2)c1)N1CCN(S(=O)(=O)/C=C/c2ccccc2)CC1. The average molecular weight is 451 g/mol. The van der Waals surface area contributed by atoms with Crippen LogP contribution >= 0.6 is 0 Å². The van der Waals surface area contributed by atoms with Crippen molar-refractivity contribution in [2.24, 2.45) is 0 Å². The Balaban J connectivity index is 1.26. The van der Waals surface area contributed by atoms with Crippen LogP contribution in [0, 0.1) is 0 Å². The van der Waals surface area contributed by atoms with Gasteiger partial charge in [0, 0.05) is 44.2 Å². The summed E-state index contributed by atoms with van der Waals surface area (Å²) in [5.74, 6) is 0.0364. The smallest absolute Gasteiger partial charge is 0.236 e. The normalized spacial score (nSPS) is 15.3. The number of hydrogen-bond acceptors (Lipinski definition) is 4. The minimum Gasteiger partial charge on any atom is -0.340 e. The molecule has 1 saturated heterocycles. The van der Waals surface area contributed by atoms with E-state index in [2.05, 4.69) is 5.10 Å². The Morgan fingerprint density at radius 2 is 1.59 bits per heavy atom. The van der Waals surface area contributed by atoms with E-state index < -0.39 is 10.0 Å². The van der Waals surface area contributed by atoms with Crippen LogP contribution in [0.1, 0.15) is 17.5 Å². The van der Waals surface area contributed by atoms with E-state index >= 15 is 0 Å². The lowest BCUT2D eigenvalue weighted by atomic mass is 10.2. The van der Waals surface area contributed by atoms with E-state index in [4.69, 9.17) is 0 Å². The molecule has 8 heteroatoms. The molecular formula is C24H26N4O3S. The van der Waals surface area contributed by atoms with Gasteiger partial charge in [-0.2, -0.15) is 9.40 Å². The number of aromatic nitrogens is 2. The summed E-state index contributed by atoms with van der Waals surface area (Å²) in [6.45, 7) is 1.42. The molecule has 1 fully saturated rings. The number of piperazine rings is 1. The fourth-order valence-electron chi connectivity index (χ4n) is 3.63. The van der Waals surface area contributed by atoms with Crippen LogP contribution in [0.2, 0.25) is 0 Å². The molecule has 2 aromatic carbocycles. The minimum absolute atomic E-state index is 0.0364. The van der Waals surface area contributed by atoms with Gasteiger partial charge in [-0.1, -0.05) is 48.5 Å². The third kappa shape index (κ3) is 5.52. The van der Waals surface area contributed by atoms with E-state index in [0.717, 1.165) is 16.8 Å². The summed E-state index contributed by atoms with van der Waals surface area (Å²) in [5.41, 5.74) is 2.80. The van der Waals surface area contributed by atoms with Gasteiger partial charge in [-0.25, -0.2) is 13.1 Å². The summed E-state index contributed by atoms with van der Waals surface area (Å²) >= 11 is 0. The third-order valence-electron chi connectivity index (χ3n) is 5.47. The molecule has 7 nitrogen and oxygen atoms in total. The highest BCUT2D eigenvalue weighted by Crippen LogP contribution is 2.14. The average Bonchev–Trinajstić information content (AvgIpc) is 3.32. The van der Waals surface area contributed by atoms with Crippen molar-refractivity contribution in [1.82, 2.24) is 19.0 Å². The molecule has 0 atom stereocenters. The van der Waals surface area contributed by atoms with Crippen LogP contribution in [-0.2, 0) is 21.2 Å². The monoisotopic (exact) mass is 450 g/mol. The zero-order valence-electron chi connectivity index (χ0n) is 17.7. The van der Waals surface area contributed by atoms with Crippen LogP contribution < -0.4 is 0 Å². The highest BCUT2D eigenvalue weighted by atomic mass is 32.2. The number of hydrogen-bond donors (Lipinski definition) is 0. The van der Waals surface area contributed by atoms with Crippen molar-refractivity contribution in [3.8, 4) is 5.69 Å². The van der Waals surface area contributed by atoms with Crippen LogP contribution in [0.4, 0.5) is 0 Å². The topological polar surface area (TPSA) is 75.5 Å². The maximum absolute atomic E-state index is 12.6. The minimum atomic E-state index is -3.51. The quantitative estimate of drug-likeness (QED) is 0.555. The molecule has 1 aliphatic heterocycles. The predicted octanol–water partition coefficient (Wildman–Crippen LogP) is 2.95. The predicted molar refractivity (Wildman–Crippen MR) is 124 cm³/mol. The van der Waals surface area contributed by atoms with Crippen molar-refractivity contribution in [2.45, 2.75) is 12.8 Å². The molecule has 3 aromatic rings. The number of carbonyl (C=O) groups is 1. The van der Waals surface area contributed by atoms with Gasteiger partial charge in [0.15, 0.2) is 0 Å². The Morgan fingerprint density at radius 1 is 0.938 bits per heavy atom. The van der Waals surface area contributed by atoms with E-state index in [1.807, 2.05) is 66.9 Å². The summed E-state index contributed by atoms with van der Waals surface area (Å²) in [6, 6.07) is 19.1. The van der Waals surface area contributed by atoms with Crippen LogP contribution in [0.5, 0.6) is 0 Å². The lowest BCUT2D eigenvalue weighted by molar-refractivity contribution is -0.132. The molecule has 0 saturated carbocycles. The fraction of sp³-hybridized carbons (Fsp3) is 0.250. The number of nitrogens with zero attached hydrogens (tertiary/aromatic N) is 4. The molecule has 32 heavy (non-hydrogen) atoms. The van der Waals surface area contributed by atoms with Crippen molar-refractivity contribution in [3.63, 3.8) is 0 Å². The number of rotatable bonds is 7. The third-order valence-corrected chi connectivity index (χ3v) is 7.03. The highest BCUT2D eigenvalue weighted by molar-refractivity contribution is 7.92. The maximum atomic E-state index is 12.6. The van der Waals surface area contributed by atoms with E-state index in [0.29, 0.717) is 39.0 Å². The van der Waals surface area contributed by atoms with Crippen LogP contribution in [-0.4, -0.2) is 59.5 Å². The first-order valence-corrected chi connectivity index (χ1v) is 12.1. The lowest BCUT2D eigenvalue weighted by Crippen LogP contribution is -2.50. The Bertz CT molecular complexity index is 1170. The fourth-order valence-corrected chi connectivity index (χ4v) is 4.80. The highest BCUT2D eigenvalue weighted by Gasteiger charge is 2.27. The molecule has 0 bridgehead atoms. The van der Waals surface area contributed by atoms with Crippen molar-refractivity contribution < 1.29 is 13.2 Å². The Kier molecular flexibility index (Phi) is 6.82. The number of benzene rings is 2. The number of amides is 1. The Morgan fingerprint density at radius 3 is 2.28 bits per heavy atom. The summed E-state index contributed by atoms with van der Waals surface area (Å²) in [7, 11) is -3.51. The molecule has 0 unspecified atom stereocenters. The molecule has 0 N–H and O–H groups in total. The maximum Gasteiger partial charge on any atom is 0.236 e. The molecular weight excluding hydrogens is 424 g/mol. The van der Waals surface area contributed by atoms with Gasteiger partial charge in [-0.05, 0) is 35.8 Å². The van der Waals surface area contributed by atoms with E-state index in [1.165, 1.54) is 9.71 Å². The second kappa shape index (κ2) is 9.93. The number of para-hydroxylation sites is 1. The standard InChI is InChI=1S/C24H26N4O3S/c29-24(12-11-22-19-25-28(20-22)23-9-5-2-6-10-23)26-14-16-27(17-15-26)32(30,31)18-13-21-7-3-1-4-8-21/h1-10,13,18-20H,11-12,14-17H2/b18-13+. The van der Waals surface area contributed by atoms with Gasteiger partial charge in [0.25, 0.3) is 0 Å². The second-order valence-corrected chi connectivity index (χ2v) is 9.49. The lowest BCUT2D eigenvalue weighted by Gasteiger charge is -2.33. The summed E-state index contributed by atoms with van der Waals surface area (Å²) in [6.07, 6.45) is 6.30. The van der Waals surface area contributed by atoms with Gasteiger partial charge < -0.3 is 4.90 Å². The van der Waals surface area contributed by atoms with Crippen molar-refractivity contribution in [2.75, 3.05) is 26.2 Å². The van der Waals surface area contributed by atoms with E-state index in [1.54, 1.807) is 21.9 Å². The largest absolute Gasteiger partial charge is 0.340 e. The van der Waals surface area contributed by atoms with E-state index in [9.17, 15) is 13.2 Å².